The molecule has 0 spiro atoms. The van der Waals surface area contributed by atoms with E-state index in [2.05, 4.69) is 38.6 Å². The Morgan fingerprint density at radius 2 is 1.78 bits per heavy atom. The number of ether oxygens (including phenoxy) is 1. The van der Waals surface area contributed by atoms with Gasteiger partial charge in [-0.1, -0.05) is 42.5 Å². The van der Waals surface area contributed by atoms with Crippen LogP contribution in [0.2, 0.25) is 0 Å². The average molecular weight is 475 g/mol. The minimum Gasteiger partial charge on any atom is -0.473 e. The maximum atomic E-state index is 12.9. The Hall–Kier alpha value is -4.91. The number of nitrogens with zero attached hydrogens (tertiary/aromatic N) is 2. The van der Waals surface area contributed by atoms with Gasteiger partial charge in [-0.05, 0) is 59.3 Å². The van der Waals surface area contributed by atoms with Crippen LogP contribution in [0.5, 0.6) is 5.75 Å². The number of amides is 1. The molecule has 0 bridgehead atoms. The van der Waals surface area contributed by atoms with E-state index in [9.17, 15) is 9.59 Å². The number of hydrogen-bond acceptors (Lipinski definition) is 5. The number of aromatic amines is 1. The van der Waals surface area contributed by atoms with Crippen LogP contribution in [0.1, 0.15) is 15.9 Å². The van der Waals surface area contributed by atoms with Crippen LogP contribution in [0.4, 0.5) is 11.4 Å². The highest BCUT2D eigenvalue weighted by Gasteiger charge is 2.20. The summed E-state index contributed by atoms with van der Waals surface area (Å²) in [7, 11) is 0. The van der Waals surface area contributed by atoms with Gasteiger partial charge in [0.05, 0.1) is 12.2 Å². The summed E-state index contributed by atoms with van der Waals surface area (Å²) in [5.74, 6) is 0.708. The molecule has 4 aromatic carbocycles. The summed E-state index contributed by atoms with van der Waals surface area (Å²) in [6, 6.07) is 30.3. The van der Waals surface area contributed by atoms with Gasteiger partial charge >= 0.3 is 0 Å². The molecule has 0 saturated heterocycles. The first-order chi connectivity index (χ1) is 17.6. The lowest BCUT2D eigenvalue weighted by Crippen LogP contribution is -2.32. The molecule has 6 rings (SSSR count). The molecule has 7 nitrogen and oxygen atoms in total. The van der Waals surface area contributed by atoms with Crippen molar-refractivity contribution < 1.29 is 9.53 Å². The number of aromatic nitrogens is 2. The molecule has 7 heteroatoms. The Labute approximate surface area is 207 Å². The van der Waals surface area contributed by atoms with Crippen molar-refractivity contribution in [2.24, 2.45) is 0 Å². The molecule has 0 unspecified atom stereocenters. The first kappa shape index (κ1) is 21.6. The van der Waals surface area contributed by atoms with Crippen molar-refractivity contribution >= 4 is 28.1 Å². The van der Waals surface area contributed by atoms with Crippen molar-refractivity contribution in [3.05, 3.63) is 119 Å². The van der Waals surface area contributed by atoms with Crippen LogP contribution in [0, 0.1) is 0 Å². The SMILES string of the molecule is O=C(Nc1cccc(-c2ccc(=O)[nH]n2)c1)c1ccc(N2COc3ccc4ccccc4c3C2)cc1. The highest BCUT2D eigenvalue weighted by molar-refractivity contribution is 6.04. The van der Waals surface area contributed by atoms with E-state index in [1.807, 2.05) is 66.7 Å². The minimum absolute atomic E-state index is 0.209. The molecular weight excluding hydrogens is 452 g/mol. The van der Waals surface area contributed by atoms with Gasteiger partial charge in [-0.3, -0.25) is 9.59 Å². The summed E-state index contributed by atoms with van der Waals surface area (Å²) in [6.45, 7) is 1.18. The number of nitrogens with one attached hydrogen (secondary N) is 2. The molecule has 5 aromatic rings. The molecular formula is C29H22N4O3. The quantitative estimate of drug-likeness (QED) is 0.374. The highest BCUT2D eigenvalue weighted by Crippen LogP contribution is 2.34. The fraction of sp³-hybridized carbons (Fsp3) is 0.0690. The Kier molecular flexibility index (Phi) is 5.42. The number of anilines is 2. The van der Waals surface area contributed by atoms with Gasteiger partial charge in [0.2, 0.25) is 0 Å². The molecule has 176 valence electrons. The lowest BCUT2D eigenvalue weighted by atomic mass is 10.0. The van der Waals surface area contributed by atoms with E-state index in [-0.39, 0.29) is 11.5 Å². The third-order valence-electron chi connectivity index (χ3n) is 6.31. The van der Waals surface area contributed by atoms with Crippen molar-refractivity contribution in [3.63, 3.8) is 0 Å². The number of rotatable bonds is 4. The fourth-order valence-corrected chi connectivity index (χ4v) is 4.45. The number of hydrogen-bond donors (Lipinski definition) is 2. The number of H-pyrrole nitrogens is 1. The second-order valence-electron chi connectivity index (χ2n) is 8.62. The van der Waals surface area contributed by atoms with Gasteiger partial charge in [-0.2, -0.15) is 5.10 Å². The first-order valence-corrected chi connectivity index (χ1v) is 11.6. The Morgan fingerprint density at radius 1 is 0.917 bits per heavy atom. The molecule has 0 saturated carbocycles. The number of carbonyl (C=O) groups is 1. The summed E-state index contributed by atoms with van der Waals surface area (Å²) >= 11 is 0. The summed E-state index contributed by atoms with van der Waals surface area (Å²) in [5, 5.41) is 11.8. The molecule has 2 heterocycles. The van der Waals surface area contributed by atoms with Crippen LogP contribution >= 0.6 is 0 Å². The third-order valence-corrected chi connectivity index (χ3v) is 6.31. The lowest BCUT2D eigenvalue weighted by Gasteiger charge is -2.31. The first-order valence-electron chi connectivity index (χ1n) is 11.6. The molecule has 0 fully saturated rings. The van der Waals surface area contributed by atoms with Gasteiger partial charge < -0.3 is 15.0 Å². The molecule has 0 atom stereocenters. The van der Waals surface area contributed by atoms with E-state index in [0.29, 0.717) is 23.7 Å². The molecule has 36 heavy (non-hydrogen) atoms. The van der Waals surface area contributed by atoms with Crippen LogP contribution in [-0.4, -0.2) is 22.8 Å². The lowest BCUT2D eigenvalue weighted by molar-refractivity contribution is 0.102. The van der Waals surface area contributed by atoms with Crippen LogP contribution in [0.3, 0.4) is 0 Å². The summed E-state index contributed by atoms with van der Waals surface area (Å²) in [6.07, 6.45) is 0. The fourth-order valence-electron chi connectivity index (χ4n) is 4.45. The average Bonchev–Trinajstić information content (AvgIpc) is 2.93. The smallest absolute Gasteiger partial charge is 0.264 e. The maximum absolute atomic E-state index is 12.9. The second kappa shape index (κ2) is 9.03. The van der Waals surface area contributed by atoms with Crippen LogP contribution in [0.15, 0.2) is 102 Å². The van der Waals surface area contributed by atoms with Crippen LogP contribution < -0.4 is 20.5 Å². The van der Waals surface area contributed by atoms with Gasteiger partial charge in [-0.25, -0.2) is 5.10 Å². The molecule has 0 radical (unpaired) electrons. The zero-order chi connectivity index (χ0) is 24.5. The largest absolute Gasteiger partial charge is 0.473 e. The second-order valence-corrected chi connectivity index (χ2v) is 8.62. The summed E-state index contributed by atoms with van der Waals surface area (Å²) in [4.78, 5) is 26.3. The molecule has 1 aliphatic heterocycles. The molecule has 1 amide bonds. The van der Waals surface area contributed by atoms with E-state index in [4.69, 9.17) is 4.74 Å². The maximum Gasteiger partial charge on any atom is 0.264 e. The predicted octanol–water partition coefficient (Wildman–Crippen LogP) is 5.20. The third kappa shape index (κ3) is 4.18. The summed E-state index contributed by atoms with van der Waals surface area (Å²) in [5.41, 5.74) is 4.48. The van der Waals surface area contributed by atoms with Crippen molar-refractivity contribution in [2.45, 2.75) is 6.54 Å². The van der Waals surface area contributed by atoms with Crippen molar-refractivity contribution in [2.75, 3.05) is 16.9 Å². The Bertz CT molecular complexity index is 1620. The van der Waals surface area contributed by atoms with Gasteiger partial charge in [0, 0.05) is 34.1 Å². The molecule has 1 aliphatic rings. The van der Waals surface area contributed by atoms with E-state index in [1.54, 1.807) is 6.07 Å². The minimum atomic E-state index is -0.264. The summed E-state index contributed by atoms with van der Waals surface area (Å²) < 4.78 is 6.03. The normalized spacial score (nSPS) is 12.6. The number of fused-ring (bicyclic) bond motifs is 3. The van der Waals surface area contributed by atoms with Crippen molar-refractivity contribution in [1.82, 2.24) is 10.2 Å². The standard InChI is InChI=1S/C29H22N4O3/c34-28-15-13-26(31-32-28)21-5-3-6-22(16-21)30-29(35)20-8-11-23(12-9-20)33-17-25-24-7-2-1-4-19(24)10-14-27(25)36-18-33/h1-16H,17-18H2,(H,30,35)(H,32,34). The van der Waals surface area contributed by atoms with E-state index < -0.39 is 0 Å². The highest BCUT2D eigenvalue weighted by atomic mass is 16.5. The van der Waals surface area contributed by atoms with E-state index >= 15 is 0 Å². The number of carbonyl (C=O) groups excluding carboxylic acids is 1. The Balaban J connectivity index is 1.18. The predicted molar refractivity (Wildman–Crippen MR) is 140 cm³/mol. The van der Waals surface area contributed by atoms with E-state index in [1.165, 1.54) is 16.8 Å². The van der Waals surface area contributed by atoms with Crippen LogP contribution in [-0.2, 0) is 6.54 Å². The van der Waals surface area contributed by atoms with E-state index in [0.717, 1.165) is 29.1 Å². The van der Waals surface area contributed by atoms with Gasteiger partial charge in [0.25, 0.3) is 11.5 Å². The Morgan fingerprint density at radius 3 is 2.61 bits per heavy atom. The molecule has 0 aliphatic carbocycles. The monoisotopic (exact) mass is 474 g/mol. The van der Waals surface area contributed by atoms with Crippen molar-refractivity contribution in [1.29, 1.82) is 0 Å². The van der Waals surface area contributed by atoms with Gasteiger partial charge in [-0.15, -0.1) is 0 Å². The number of benzene rings is 4. The zero-order valence-corrected chi connectivity index (χ0v) is 19.3. The van der Waals surface area contributed by atoms with Crippen molar-refractivity contribution in [3.8, 4) is 17.0 Å². The zero-order valence-electron chi connectivity index (χ0n) is 19.3. The van der Waals surface area contributed by atoms with Crippen LogP contribution in [0.25, 0.3) is 22.0 Å². The molecule has 1 aromatic heterocycles. The molecule has 2 N–H and O–H groups in total. The topological polar surface area (TPSA) is 87.3 Å². The van der Waals surface area contributed by atoms with Gasteiger partial charge in [0.15, 0.2) is 6.73 Å². The van der Waals surface area contributed by atoms with Gasteiger partial charge in [0.1, 0.15) is 5.75 Å².